The Bertz CT molecular complexity index is 365. The lowest BCUT2D eigenvalue weighted by molar-refractivity contribution is 0.777. The van der Waals surface area contributed by atoms with E-state index < -0.39 is 0 Å². The monoisotopic (exact) mass is 194 g/mol. The van der Waals surface area contributed by atoms with Gasteiger partial charge in [-0.05, 0) is 0 Å². The topological polar surface area (TPSA) is 56.7 Å². The zero-order valence-corrected chi connectivity index (χ0v) is 7.87. The number of aromatic nitrogens is 3. The summed E-state index contributed by atoms with van der Waals surface area (Å²) < 4.78 is 1.98. The summed E-state index contributed by atoms with van der Waals surface area (Å²) in [5.74, 6) is 0. The number of nitrogens with two attached hydrogens (primary N) is 1. The largest absolute Gasteiger partial charge is 0.331 e. The molecule has 0 radical (unpaired) electrons. The highest BCUT2D eigenvalue weighted by Gasteiger charge is 1.98. The Balaban J connectivity index is 2.10. The summed E-state index contributed by atoms with van der Waals surface area (Å²) in [6.07, 6.45) is 3.72. The van der Waals surface area contributed by atoms with Gasteiger partial charge in [-0.2, -0.15) is 0 Å². The molecule has 0 fully saturated rings. The maximum Gasteiger partial charge on any atom is 0.0953 e. The van der Waals surface area contributed by atoms with E-state index >= 15 is 0 Å². The SMILES string of the molecule is NCc1cn(Cc2cscn2)cn1. The van der Waals surface area contributed by atoms with Crippen molar-refractivity contribution in [3.8, 4) is 0 Å². The van der Waals surface area contributed by atoms with Gasteiger partial charge in [0.25, 0.3) is 0 Å². The van der Waals surface area contributed by atoms with Crippen LogP contribution in [0.4, 0.5) is 0 Å². The molecule has 0 saturated carbocycles. The van der Waals surface area contributed by atoms with Crippen LogP contribution in [0.2, 0.25) is 0 Å². The van der Waals surface area contributed by atoms with Crippen molar-refractivity contribution in [1.82, 2.24) is 14.5 Å². The van der Waals surface area contributed by atoms with Gasteiger partial charge in [0.15, 0.2) is 0 Å². The molecule has 68 valence electrons. The first-order valence-electron chi connectivity index (χ1n) is 3.96. The van der Waals surface area contributed by atoms with Gasteiger partial charge in [-0.3, -0.25) is 0 Å². The quantitative estimate of drug-likeness (QED) is 0.788. The van der Waals surface area contributed by atoms with Crippen molar-refractivity contribution in [2.45, 2.75) is 13.1 Å². The summed E-state index contributed by atoms with van der Waals surface area (Å²) in [6.45, 7) is 1.26. The van der Waals surface area contributed by atoms with Crippen LogP contribution in [-0.4, -0.2) is 14.5 Å². The highest BCUT2D eigenvalue weighted by atomic mass is 32.1. The van der Waals surface area contributed by atoms with Gasteiger partial charge in [0.05, 0.1) is 29.8 Å². The Hall–Kier alpha value is -1.20. The van der Waals surface area contributed by atoms with Gasteiger partial charge < -0.3 is 10.3 Å². The van der Waals surface area contributed by atoms with E-state index in [9.17, 15) is 0 Å². The molecule has 2 aromatic heterocycles. The first-order chi connectivity index (χ1) is 6.38. The van der Waals surface area contributed by atoms with Crippen molar-refractivity contribution in [2.75, 3.05) is 0 Å². The Morgan fingerprint density at radius 2 is 2.31 bits per heavy atom. The summed E-state index contributed by atoms with van der Waals surface area (Å²) in [4.78, 5) is 8.31. The fraction of sp³-hybridized carbons (Fsp3) is 0.250. The molecule has 2 rings (SSSR count). The van der Waals surface area contributed by atoms with E-state index in [0.717, 1.165) is 17.9 Å². The van der Waals surface area contributed by atoms with Crippen LogP contribution >= 0.6 is 11.3 Å². The van der Waals surface area contributed by atoms with E-state index in [2.05, 4.69) is 9.97 Å². The first kappa shape index (κ1) is 8.40. The molecule has 4 nitrogen and oxygen atoms in total. The van der Waals surface area contributed by atoms with Crippen molar-refractivity contribution < 1.29 is 0 Å². The molecule has 2 N–H and O–H groups in total. The highest BCUT2D eigenvalue weighted by Crippen LogP contribution is 2.04. The highest BCUT2D eigenvalue weighted by molar-refractivity contribution is 7.07. The van der Waals surface area contributed by atoms with E-state index in [0.29, 0.717) is 6.54 Å². The molecule has 13 heavy (non-hydrogen) atoms. The fourth-order valence-electron chi connectivity index (χ4n) is 1.10. The van der Waals surface area contributed by atoms with Crippen LogP contribution in [0, 0.1) is 0 Å². The molecule has 0 aliphatic heterocycles. The fourth-order valence-corrected chi connectivity index (χ4v) is 1.65. The van der Waals surface area contributed by atoms with Crippen LogP contribution in [0.25, 0.3) is 0 Å². The van der Waals surface area contributed by atoms with Crippen molar-refractivity contribution in [1.29, 1.82) is 0 Å². The molecule has 0 bridgehead atoms. The zero-order valence-electron chi connectivity index (χ0n) is 7.05. The molecular weight excluding hydrogens is 184 g/mol. The van der Waals surface area contributed by atoms with Gasteiger partial charge in [0, 0.05) is 18.1 Å². The lowest BCUT2D eigenvalue weighted by Gasteiger charge is -1.96. The van der Waals surface area contributed by atoms with Crippen LogP contribution in [-0.2, 0) is 13.1 Å². The molecule has 5 heteroatoms. The van der Waals surface area contributed by atoms with E-state index in [1.165, 1.54) is 0 Å². The second-order valence-electron chi connectivity index (χ2n) is 2.72. The maximum atomic E-state index is 5.45. The van der Waals surface area contributed by atoms with Crippen LogP contribution in [0.3, 0.4) is 0 Å². The van der Waals surface area contributed by atoms with E-state index in [-0.39, 0.29) is 0 Å². The average Bonchev–Trinajstić information content (AvgIpc) is 2.76. The number of thiazole rings is 1. The average molecular weight is 194 g/mol. The summed E-state index contributed by atoms with van der Waals surface area (Å²) in [5, 5.41) is 2.03. The third-order valence-electron chi connectivity index (χ3n) is 1.72. The Labute approximate surface area is 80.1 Å². The molecule has 0 saturated heterocycles. The van der Waals surface area contributed by atoms with E-state index in [1.807, 2.05) is 21.7 Å². The normalized spacial score (nSPS) is 10.5. The molecule has 0 unspecified atom stereocenters. The van der Waals surface area contributed by atoms with Gasteiger partial charge in [-0.1, -0.05) is 0 Å². The minimum absolute atomic E-state index is 0.490. The Kier molecular flexibility index (Phi) is 2.37. The Morgan fingerprint density at radius 3 is 2.92 bits per heavy atom. The number of imidazole rings is 1. The molecule has 2 aromatic rings. The third-order valence-corrected chi connectivity index (χ3v) is 2.36. The Morgan fingerprint density at radius 1 is 1.38 bits per heavy atom. The predicted molar refractivity (Wildman–Crippen MR) is 51.3 cm³/mol. The lowest BCUT2D eigenvalue weighted by atomic mass is 10.4. The minimum Gasteiger partial charge on any atom is -0.331 e. The second kappa shape index (κ2) is 3.68. The number of nitrogens with zero attached hydrogens (tertiary/aromatic N) is 3. The molecule has 0 aliphatic carbocycles. The lowest BCUT2D eigenvalue weighted by Crippen LogP contribution is -1.98. The molecular formula is C8H10N4S. The van der Waals surface area contributed by atoms with Crippen LogP contribution in [0.15, 0.2) is 23.4 Å². The van der Waals surface area contributed by atoms with E-state index in [1.54, 1.807) is 17.7 Å². The van der Waals surface area contributed by atoms with E-state index in [4.69, 9.17) is 5.73 Å². The number of hydrogen-bond donors (Lipinski definition) is 1. The van der Waals surface area contributed by atoms with Crippen LogP contribution in [0.1, 0.15) is 11.4 Å². The van der Waals surface area contributed by atoms with Crippen molar-refractivity contribution in [2.24, 2.45) is 5.73 Å². The van der Waals surface area contributed by atoms with Gasteiger partial charge >= 0.3 is 0 Å². The predicted octanol–water partition coefficient (Wildman–Crippen LogP) is 0.847. The zero-order chi connectivity index (χ0) is 9.10. The van der Waals surface area contributed by atoms with Crippen molar-refractivity contribution in [3.05, 3.63) is 34.8 Å². The number of hydrogen-bond acceptors (Lipinski definition) is 4. The summed E-state index contributed by atoms with van der Waals surface area (Å²) in [7, 11) is 0. The van der Waals surface area contributed by atoms with Crippen molar-refractivity contribution >= 4 is 11.3 Å². The summed E-state index contributed by atoms with van der Waals surface area (Å²) >= 11 is 1.60. The van der Waals surface area contributed by atoms with Gasteiger partial charge in [-0.15, -0.1) is 11.3 Å². The maximum absolute atomic E-state index is 5.45. The van der Waals surface area contributed by atoms with Crippen LogP contribution in [0.5, 0.6) is 0 Å². The third kappa shape index (κ3) is 1.93. The molecule has 0 atom stereocenters. The van der Waals surface area contributed by atoms with Gasteiger partial charge in [-0.25, -0.2) is 9.97 Å². The molecule has 0 aromatic carbocycles. The first-order valence-corrected chi connectivity index (χ1v) is 4.90. The summed E-state index contributed by atoms with van der Waals surface area (Å²) in [6, 6.07) is 0. The second-order valence-corrected chi connectivity index (χ2v) is 3.44. The van der Waals surface area contributed by atoms with Crippen molar-refractivity contribution in [3.63, 3.8) is 0 Å². The smallest absolute Gasteiger partial charge is 0.0953 e. The molecule has 0 aliphatic rings. The van der Waals surface area contributed by atoms with Gasteiger partial charge in [0.2, 0.25) is 0 Å². The van der Waals surface area contributed by atoms with Crippen LogP contribution < -0.4 is 5.73 Å². The minimum atomic E-state index is 0.490. The van der Waals surface area contributed by atoms with Gasteiger partial charge in [0.1, 0.15) is 0 Å². The molecule has 0 spiro atoms. The molecule has 0 amide bonds. The standard InChI is InChI=1S/C8H10N4S/c9-1-7-2-12(5-10-7)3-8-4-13-6-11-8/h2,4-6H,1,3,9H2. The summed E-state index contributed by atoms with van der Waals surface area (Å²) in [5.41, 5.74) is 9.25. The number of rotatable bonds is 3. The molecule has 2 heterocycles.